The number of hydrogen-bond donors (Lipinski definition) is 1. The molecule has 0 spiro atoms. The zero-order chi connectivity index (χ0) is 14.5. The van der Waals surface area contributed by atoms with Gasteiger partial charge in [-0.3, -0.25) is 4.79 Å². The van der Waals surface area contributed by atoms with Gasteiger partial charge < -0.3 is 10.0 Å². The highest BCUT2D eigenvalue weighted by atomic mass is 16.4. The normalized spacial score (nSPS) is 15.9. The number of hydrogen-bond acceptors (Lipinski definition) is 4. The van der Waals surface area contributed by atoms with Gasteiger partial charge in [-0.05, 0) is 43.7 Å². The molecule has 5 heteroatoms. The van der Waals surface area contributed by atoms with E-state index in [2.05, 4.69) is 16.0 Å². The van der Waals surface area contributed by atoms with Crippen LogP contribution < -0.4 is 4.90 Å². The van der Waals surface area contributed by atoms with Crippen LogP contribution in [0.3, 0.4) is 0 Å². The third-order valence-corrected chi connectivity index (χ3v) is 3.93. The van der Waals surface area contributed by atoms with Crippen molar-refractivity contribution in [2.75, 3.05) is 18.0 Å². The third-order valence-electron chi connectivity index (χ3n) is 3.93. The highest BCUT2D eigenvalue weighted by Crippen LogP contribution is 2.27. The van der Waals surface area contributed by atoms with E-state index in [4.69, 9.17) is 5.11 Å². The van der Waals surface area contributed by atoms with Gasteiger partial charge in [0.05, 0.1) is 5.56 Å². The van der Waals surface area contributed by atoms with Crippen molar-refractivity contribution in [3.63, 3.8) is 0 Å². The Balaban J connectivity index is 1.99. The maximum absolute atomic E-state index is 10.6. The van der Waals surface area contributed by atoms with Crippen LogP contribution in [0.4, 0.5) is 5.82 Å². The SMILES string of the molecule is Cc1ccnc(N2CCC(CCC(=O)O)CC2)c1C#N. The number of aliphatic carboxylic acids is 1. The lowest BCUT2D eigenvalue weighted by molar-refractivity contribution is -0.137. The fourth-order valence-electron chi connectivity index (χ4n) is 2.68. The van der Waals surface area contributed by atoms with Crippen molar-refractivity contribution in [1.29, 1.82) is 5.26 Å². The van der Waals surface area contributed by atoms with Crippen LogP contribution in [-0.2, 0) is 4.79 Å². The summed E-state index contributed by atoms with van der Waals surface area (Å²) in [5.74, 6) is 0.515. The molecule has 0 aliphatic carbocycles. The van der Waals surface area contributed by atoms with Gasteiger partial charge >= 0.3 is 5.97 Å². The standard InChI is InChI=1S/C15H19N3O2/c1-11-4-7-17-15(13(11)10-16)18-8-5-12(6-9-18)2-3-14(19)20/h4,7,12H,2-3,5-6,8-9H2,1H3,(H,19,20). The number of pyridine rings is 1. The first-order chi connectivity index (χ1) is 9.61. The summed E-state index contributed by atoms with van der Waals surface area (Å²) in [5.41, 5.74) is 1.60. The topological polar surface area (TPSA) is 77.2 Å². The van der Waals surface area contributed by atoms with Gasteiger partial charge in [0, 0.05) is 25.7 Å². The van der Waals surface area contributed by atoms with E-state index in [0.29, 0.717) is 11.5 Å². The molecule has 1 fully saturated rings. The minimum Gasteiger partial charge on any atom is -0.481 e. The summed E-state index contributed by atoms with van der Waals surface area (Å²) in [5, 5.41) is 18.0. The third kappa shape index (κ3) is 3.27. The second-order valence-electron chi connectivity index (χ2n) is 5.30. The molecule has 0 aromatic carbocycles. The van der Waals surface area contributed by atoms with Gasteiger partial charge in [-0.15, -0.1) is 0 Å². The molecule has 1 N–H and O–H groups in total. The first-order valence-corrected chi connectivity index (χ1v) is 6.94. The molecule has 106 valence electrons. The van der Waals surface area contributed by atoms with Gasteiger partial charge in [0.15, 0.2) is 0 Å². The predicted molar refractivity (Wildman–Crippen MR) is 75.5 cm³/mol. The second-order valence-corrected chi connectivity index (χ2v) is 5.30. The Hall–Kier alpha value is -2.09. The van der Waals surface area contributed by atoms with Crippen LogP contribution in [0.5, 0.6) is 0 Å². The molecule has 20 heavy (non-hydrogen) atoms. The van der Waals surface area contributed by atoms with Crippen molar-refractivity contribution in [2.45, 2.75) is 32.6 Å². The van der Waals surface area contributed by atoms with Gasteiger partial charge in [-0.2, -0.15) is 5.26 Å². The smallest absolute Gasteiger partial charge is 0.303 e. The van der Waals surface area contributed by atoms with Crippen molar-refractivity contribution in [3.05, 3.63) is 23.4 Å². The molecule has 5 nitrogen and oxygen atoms in total. The molecule has 1 aromatic rings. The molecule has 1 aliphatic heterocycles. The molecular formula is C15H19N3O2. The van der Waals surface area contributed by atoms with E-state index < -0.39 is 5.97 Å². The summed E-state index contributed by atoms with van der Waals surface area (Å²) in [6.45, 7) is 3.61. The number of nitrogens with zero attached hydrogens (tertiary/aromatic N) is 3. The van der Waals surface area contributed by atoms with Crippen LogP contribution in [0.2, 0.25) is 0 Å². The Morgan fingerprint density at radius 2 is 2.25 bits per heavy atom. The van der Waals surface area contributed by atoms with E-state index in [-0.39, 0.29) is 6.42 Å². The first kappa shape index (κ1) is 14.3. The summed E-state index contributed by atoms with van der Waals surface area (Å²) < 4.78 is 0. The summed E-state index contributed by atoms with van der Waals surface area (Å²) in [6, 6.07) is 4.08. The molecule has 0 radical (unpaired) electrons. The van der Waals surface area contributed by atoms with Crippen molar-refractivity contribution < 1.29 is 9.90 Å². The second kappa shape index (κ2) is 6.38. The molecule has 1 saturated heterocycles. The minimum atomic E-state index is -0.723. The van der Waals surface area contributed by atoms with Crippen LogP contribution in [0.25, 0.3) is 0 Å². The average molecular weight is 273 g/mol. The number of piperidine rings is 1. The van der Waals surface area contributed by atoms with Crippen LogP contribution in [0, 0.1) is 24.2 Å². The maximum atomic E-state index is 10.6. The summed E-state index contributed by atoms with van der Waals surface area (Å²) in [4.78, 5) is 17.1. The van der Waals surface area contributed by atoms with E-state index in [9.17, 15) is 10.1 Å². The largest absolute Gasteiger partial charge is 0.481 e. The summed E-state index contributed by atoms with van der Waals surface area (Å²) in [7, 11) is 0. The zero-order valence-corrected chi connectivity index (χ0v) is 11.7. The Kier molecular flexibility index (Phi) is 4.57. The van der Waals surface area contributed by atoms with Gasteiger partial charge in [-0.1, -0.05) is 0 Å². The fraction of sp³-hybridized carbons (Fsp3) is 0.533. The van der Waals surface area contributed by atoms with Gasteiger partial charge in [0.25, 0.3) is 0 Å². The molecule has 0 saturated carbocycles. The number of carbonyl (C=O) groups is 1. The molecule has 2 rings (SSSR count). The van der Waals surface area contributed by atoms with Crippen molar-refractivity contribution in [3.8, 4) is 6.07 Å². The lowest BCUT2D eigenvalue weighted by Gasteiger charge is -2.33. The fourth-order valence-corrected chi connectivity index (χ4v) is 2.68. The van der Waals surface area contributed by atoms with Gasteiger partial charge in [0.2, 0.25) is 0 Å². The van der Waals surface area contributed by atoms with E-state index in [1.165, 1.54) is 0 Å². The van der Waals surface area contributed by atoms with Crippen molar-refractivity contribution in [1.82, 2.24) is 4.98 Å². The lowest BCUT2D eigenvalue weighted by Crippen LogP contribution is -2.35. The van der Waals surface area contributed by atoms with Gasteiger partial charge in [-0.25, -0.2) is 4.98 Å². The number of nitriles is 1. The van der Waals surface area contributed by atoms with Crippen LogP contribution in [-0.4, -0.2) is 29.1 Å². The molecule has 0 amide bonds. The molecule has 2 heterocycles. The number of rotatable bonds is 4. The lowest BCUT2D eigenvalue weighted by atomic mass is 9.92. The molecule has 0 bridgehead atoms. The number of carboxylic acids is 1. The molecule has 1 aromatic heterocycles. The molecule has 0 unspecified atom stereocenters. The molecule has 1 aliphatic rings. The number of carboxylic acid groups (broad SMARTS) is 1. The number of aromatic nitrogens is 1. The summed E-state index contributed by atoms with van der Waals surface area (Å²) >= 11 is 0. The minimum absolute atomic E-state index is 0.247. The zero-order valence-electron chi connectivity index (χ0n) is 11.7. The van der Waals surface area contributed by atoms with Crippen LogP contribution in [0.15, 0.2) is 12.3 Å². The quantitative estimate of drug-likeness (QED) is 0.911. The van der Waals surface area contributed by atoms with E-state index >= 15 is 0 Å². The predicted octanol–water partition coefficient (Wildman–Crippen LogP) is 2.34. The molecular weight excluding hydrogens is 254 g/mol. The van der Waals surface area contributed by atoms with E-state index in [1.54, 1.807) is 6.20 Å². The molecule has 0 atom stereocenters. The number of aryl methyl sites for hydroxylation is 1. The average Bonchev–Trinajstić information content (AvgIpc) is 2.45. The van der Waals surface area contributed by atoms with Crippen molar-refractivity contribution in [2.24, 2.45) is 5.92 Å². The Morgan fingerprint density at radius 1 is 1.55 bits per heavy atom. The Labute approximate surface area is 118 Å². The Bertz CT molecular complexity index is 528. The van der Waals surface area contributed by atoms with Crippen LogP contribution in [0.1, 0.15) is 36.8 Å². The van der Waals surface area contributed by atoms with Crippen molar-refractivity contribution >= 4 is 11.8 Å². The number of anilines is 1. The summed E-state index contributed by atoms with van der Waals surface area (Å²) in [6.07, 6.45) is 4.66. The van der Waals surface area contributed by atoms with Gasteiger partial charge in [0.1, 0.15) is 11.9 Å². The van der Waals surface area contributed by atoms with E-state index in [1.807, 2.05) is 13.0 Å². The highest BCUT2D eigenvalue weighted by molar-refractivity contribution is 5.66. The monoisotopic (exact) mass is 273 g/mol. The highest BCUT2D eigenvalue weighted by Gasteiger charge is 2.22. The Morgan fingerprint density at radius 3 is 2.85 bits per heavy atom. The first-order valence-electron chi connectivity index (χ1n) is 6.94. The van der Waals surface area contributed by atoms with E-state index in [0.717, 1.165) is 43.7 Å². The maximum Gasteiger partial charge on any atom is 0.303 e. The van der Waals surface area contributed by atoms with Crippen LogP contribution >= 0.6 is 0 Å².